The highest BCUT2D eigenvalue weighted by Crippen LogP contribution is 2.48. The van der Waals surface area contributed by atoms with Gasteiger partial charge in [0.25, 0.3) is 0 Å². The molecule has 12 aromatic carbocycles. The monoisotopic (exact) mass is 878 g/mol. The van der Waals surface area contributed by atoms with Gasteiger partial charge in [-0.05, 0) is 121 Å². The van der Waals surface area contributed by atoms with Crippen LogP contribution in [0.4, 0.5) is 17.1 Å². The van der Waals surface area contributed by atoms with E-state index in [2.05, 4.69) is 264 Å². The maximum Gasteiger partial charge on any atom is 0.145 e. The third-order valence-corrected chi connectivity index (χ3v) is 14.2. The van der Waals surface area contributed by atoms with Gasteiger partial charge in [0.15, 0.2) is 0 Å². The van der Waals surface area contributed by atoms with Gasteiger partial charge in [-0.3, -0.25) is 0 Å². The molecule has 2 aromatic heterocycles. The Morgan fingerprint density at radius 2 is 0.841 bits per heavy atom. The normalized spacial score (nSPS) is 11.8. The molecule has 0 aliphatic carbocycles. The van der Waals surface area contributed by atoms with Crippen molar-refractivity contribution in [3.8, 4) is 39.1 Å². The van der Waals surface area contributed by atoms with E-state index in [0.29, 0.717) is 0 Å². The molecule has 3 heteroatoms. The number of para-hydroxylation sites is 4. The highest BCUT2D eigenvalue weighted by molar-refractivity contribution is 6.18. The summed E-state index contributed by atoms with van der Waals surface area (Å²) in [6.07, 6.45) is 0. The van der Waals surface area contributed by atoms with Gasteiger partial charge in [0.1, 0.15) is 11.2 Å². The van der Waals surface area contributed by atoms with Crippen LogP contribution in [0.2, 0.25) is 0 Å². The molecule has 0 spiro atoms. The summed E-state index contributed by atoms with van der Waals surface area (Å²) in [6.45, 7) is 0. The van der Waals surface area contributed by atoms with E-state index in [1.807, 2.05) is 0 Å². The largest absolute Gasteiger partial charge is 0.455 e. The highest BCUT2D eigenvalue weighted by Gasteiger charge is 2.25. The lowest BCUT2D eigenvalue weighted by molar-refractivity contribution is 0.670. The summed E-state index contributed by atoms with van der Waals surface area (Å²) in [7, 11) is 0. The quantitative estimate of drug-likeness (QED) is 0.149. The van der Waals surface area contributed by atoms with E-state index in [9.17, 15) is 0 Å². The molecular formula is C66H42N2O. The van der Waals surface area contributed by atoms with E-state index in [-0.39, 0.29) is 0 Å². The first-order valence-corrected chi connectivity index (χ1v) is 23.7. The fraction of sp³-hybridized carbons (Fsp3) is 0. The van der Waals surface area contributed by atoms with Crippen molar-refractivity contribution in [2.24, 2.45) is 0 Å². The Labute approximate surface area is 399 Å². The average Bonchev–Trinajstić information content (AvgIpc) is 3.98. The summed E-state index contributed by atoms with van der Waals surface area (Å²) in [5.74, 6) is 0. The molecule has 0 radical (unpaired) electrons. The number of hydrogen-bond acceptors (Lipinski definition) is 2. The number of benzene rings is 12. The zero-order valence-electron chi connectivity index (χ0n) is 37.6. The highest BCUT2D eigenvalue weighted by atomic mass is 16.3. The number of fused-ring (bicyclic) bond motifs is 10. The van der Waals surface area contributed by atoms with Crippen molar-refractivity contribution in [3.63, 3.8) is 0 Å². The molecule has 0 fully saturated rings. The van der Waals surface area contributed by atoms with Crippen LogP contribution in [0.3, 0.4) is 0 Å². The second-order valence-electron chi connectivity index (χ2n) is 18.0. The predicted molar refractivity (Wildman–Crippen MR) is 292 cm³/mol. The Kier molecular flexibility index (Phi) is 8.90. The second-order valence-corrected chi connectivity index (χ2v) is 18.0. The zero-order chi connectivity index (χ0) is 45.4. The van der Waals surface area contributed by atoms with Crippen molar-refractivity contribution in [2.45, 2.75) is 0 Å². The smallest absolute Gasteiger partial charge is 0.145 e. The van der Waals surface area contributed by atoms with Gasteiger partial charge in [-0.2, -0.15) is 0 Å². The maximum atomic E-state index is 7.08. The molecule has 14 aromatic rings. The molecule has 3 nitrogen and oxygen atoms in total. The van der Waals surface area contributed by atoms with E-state index in [4.69, 9.17) is 4.42 Å². The zero-order valence-corrected chi connectivity index (χ0v) is 37.6. The summed E-state index contributed by atoms with van der Waals surface area (Å²) in [5, 5.41) is 12.1. The van der Waals surface area contributed by atoms with Crippen LogP contribution in [-0.2, 0) is 0 Å². The predicted octanol–water partition coefficient (Wildman–Crippen LogP) is 18.6. The van der Waals surface area contributed by atoms with Crippen LogP contribution >= 0.6 is 0 Å². The van der Waals surface area contributed by atoms with E-state index in [1.165, 1.54) is 76.4 Å². The van der Waals surface area contributed by atoms with Crippen molar-refractivity contribution in [1.82, 2.24) is 4.57 Å². The summed E-state index contributed by atoms with van der Waals surface area (Å²) in [4.78, 5) is 2.40. The molecule has 0 amide bonds. The van der Waals surface area contributed by atoms with E-state index < -0.39 is 0 Å². The Hall–Kier alpha value is -9.18. The Bertz CT molecular complexity index is 4250. The lowest BCUT2D eigenvalue weighted by atomic mass is 9.93. The fourth-order valence-electron chi connectivity index (χ4n) is 11.1. The molecule has 322 valence electrons. The Morgan fingerprint density at radius 1 is 0.319 bits per heavy atom. The van der Waals surface area contributed by atoms with Gasteiger partial charge in [0.2, 0.25) is 0 Å². The Balaban J connectivity index is 0.982. The van der Waals surface area contributed by atoms with Crippen LogP contribution in [-0.4, -0.2) is 4.57 Å². The molecule has 0 bridgehead atoms. The van der Waals surface area contributed by atoms with E-state index in [1.54, 1.807) is 0 Å². The molecule has 0 aliphatic heterocycles. The van der Waals surface area contributed by atoms with E-state index in [0.717, 1.165) is 55.8 Å². The van der Waals surface area contributed by atoms with Crippen molar-refractivity contribution in [1.29, 1.82) is 0 Å². The molecular weight excluding hydrogens is 837 g/mol. The first kappa shape index (κ1) is 39.0. The van der Waals surface area contributed by atoms with Gasteiger partial charge in [-0.1, -0.05) is 188 Å². The lowest BCUT2D eigenvalue weighted by Crippen LogP contribution is -2.10. The number of aromatic nitrogens is 1. The number of hydrogen-bond donors (Lipinski definition) is 0. The second kappa shape index (κ2) is 15.7. The van der Waals surface area contributed by atoms with Crippen molar-refractivity contribution in [2.75, 3.05) is 4.90 Å². The van der Waals surface area contributed by atoms with Crippen molar-refractivity contribution in [3.05, 3.63) is 255 Å². The van der Waals surface area contributed by atoms with Crippen LogP contribution in [0, 0.1) is 0 Å². The van der Waals surface area contributed by atoms with Crippen LogP contribution < -0.4 is 4.90 Å². The minimum Gasteiger partial charge on any atom is -0.455 e. The minimum absolute atomic E-state index is 0.846. The molecule has 14 rings (SSSR count). The lowest BCUT2D eigenvalue weighted by Gasteiger charge is -2.27. The summed E-state index contributed by atoms with van der Waals surface area (Å²) in [6, 6.07) is 92.4. The van der Waals surface area contributed by atoms with Gasteiger partial charge in [-0.25, -0.2) is 0 Å². The number of anilines is 3. The SMILES string of the molecule is c1ccc(-n2c3ccccc3c3ccccc32)c(-c2ccc(N(c3ccc(-c4cccc5ccccc45)cc3)c3ccc(-c4cc5ccccc5c5ccccc45)cc3)c3c2oc2ccccc23)c1. The Morgan fingerprint density at radius 3 is 1.57 bits per heavy atom. The number of furan rings is 1. The van der Waals surface area contributed by atoms with Crippen molar-refractivity contribution >= 4 is 93.1 Å². The van der Waals surface area contributed by atoms with Gasteiger partial charge >= 0.3 is 0 Å². The van der Waals surface area contributed by atoms with Crippen LogP contribution in [0.5, 0.6) is 0 Å². The topological polar surface area (TPSA) is 21.3 Å². The van der Waals surface area contributed by atoms with Crippen molar-refractivity contribution < 1.29 is 4.42 Å². The van der Waals surface area contributed by atoms with Gasteiger partial charge < -0.3 is 13.9 Å². The van der Waals surface area contributed by atoms with Gasteiger partial charge in [0, 0.05) is 38.7 Å². The molecule has 0 saturated carbocycles. The molecule has 2 heterocycles. The summed E-state index contributed by atoms with van der Waals surface area (Å²) < 4.78 is 9.49. The summed E-state index contributed by atoms with van der Waals surface area (Å²) >= 11 is 0. The van der Waals surface area contributed by atoms with Gasteiger partial charge in [0.05, 0.1) is 27.8 Å². The minimum atomic E-state index is 0.846. The molecule has 0 aliphatic rings. The average molecular weight is 879 g/mol. The summed E-state index contributed by atoms with van der Waals surface area (Å²) in [5.41, 5.74) is 15.2. The molecule has 0 unspecified atom stereocenters. The molecule has 0 N–H and O–H groups in total. The third-order valence-electron chi connectivity index (χ3n) is 14.2. The number of nitrogens with zero attached hydrogens (tertiary/aromatic N) is 2. The first-order chi connectivity index (χ1) is 34.2. The van der Waals surface area contributed by atoms with Crippen LogP contribution in [0.1, 0.15) is 0 Å². The van der Waals surface area contributed by atoms with Gasteiger partial charge in [-0.15, -0.1) is 0 Å². The molecule has 0 saturated heterocycles. The first-order valence-electron chi connectivity index (χ1n) is 23.7. The third kappa shape index (κ3) is 6.21. The van der Waals surface area contributed by atoms with E-state index >= 15 is 0 Å². The standard InChI is InChI=1S/C66H42N2O/c1-3-19-49-43(16-1)18-15-27-50(49)44-32-36-47(37-33-44)67(48-38-34-45(35-39-48)59-42-46-17-2-4-20-51(46)52-21-5-6-22-53(52)59)63-41-40-57(66-65(63)58-26-10-14-31-64(58)69-66)56-25-9-13-30-62(56)68-60-28-11-7-23-54(60)55-24-8-12-29-61(55)68/h1-42H. The van der Waals surface area contributed by atoms with Crippen LogP contribution in [0.25, 0.3) is 115 Å². The van der Waals surface area contributed by atoms with Crippen LogP contribution in [0.15, 0.2) is 259 Å². The molecule has 0 atom stereocenters. The number of rotatable bonds is 7. The fourth-order valence-corrected chi connectivity index (χ4v) is 11.1. The molecule has 69 heavy (non-hydrogen) atoms. The maximum absolute atomic E-state index is 7.08.